The number of carbonyl (C=O) groups is 2. The first-order valence-corrected chi connectivity index (χ1v) is 7.89. The minimum Gasteiger partial charge on any atom is -0.481 e. The topological polar surface area (TPSA) is 86.6 Å². The van der Waals surface area contributed by atoms with Crippen LogP contribution in [-0.2, 0) is 9.59 Å². The number of hydrogen-bond donors (Lipinski definition) is 3. The van der Waals surface area contributed by atoms with Gasteiger partial charge in [0.15, 0.2) is 0 Å². The number of aliphatic carboxylic acids is 1. The number of amides is 1. The maximum absolute atomic E-state index is 12.3. The van der Waals surface area contributed by atoms with E-state index < -0.39 is 17.8 Å². The monoisotopic (exact) mass is 295 g/mol. The summed E-state index contributed by atoms with van der Waals surface area (Å²) in [5.74, 6) is -1.56. The molecule has 5 nitrogen and oxygen atoms in total. The summed E-state index contributed by atoms with van der Waals surface area (Å²) in [6.45, 7) is 0.723. The quantitative estimate of drug-likeness (QED) is 0.672. The van der Waals surface area contributed by atoms with Gasteiger partial charge in [-0.15, -0.1) is 0 Å². The lowest BCUT2D eigenvalue weighted by Gasteiger charge is -2.31. The summed E-state index contributed by atoms with van der Waals surface area (Å²) in [6, 6.07) is 0. The van der Waals surface area contributed by atoms with E-state index in [0.717, 1.165) is 25.7 Å². The van der Waals surface area contributed by atoms with Crippen LogP contribution in [-0.4, -0.2) is 35.2 Å². The zero-order valence-electron chi connectivity index (χ0n) is 12.3. The minimum absolute atomic E-state index is 0.158. The lowest BCUT2D eigenvalue weighted by atomic mass is 9.79. The van der Waals surface area contributed by atoms with Crippen LogP contribution in [0.4, 0.5) is 0 Å². The zero-order valence-corrected chi connectivity index (χ0v) is 12.3. The highest BCUT2D eigenvalue weighted by molar-refractivity contribution is 5.85. The molecule has 2 rings (SSSR count). The molecule has 0 spiro atoms. The Balaban J connectivity index is 1.88. The van der Waals surface area contributed by atoms with Gasteiger partial charge >= 0.3 is 5.97 Å². The third kappa shape index (κ3) is 4.06. The van der Waals surface area contributed by atoms with Gasteiger partial charge in [0.05, 0.1) is 11.8 Å². The van der Waals surface area contributed by atoms with Crippen molar-refractivity contribution in [1.29, 1.82) is 0 Å². The van der Waals surface area contributed by atoms with Crippen molar-refractivity contribution in [2.45, 2.75) is 38.5 Å². The number of carboxylic acids is 1. The highest BCUT2D eigenvalue weighted by Gasteiger charge is 2.34. The van der Waals surface area contributed by atoms with E-state index in [4.69, 9.17) is 0 Å². The molecule has 0 aromatic heterocycles. The summed E-state index contributed by atoms with van der Waals surface area (Å²) < 4.78 is 0. The SMILES string of the molecule is O=C(O)[C@H]1CC=CC[C@H]1C(=O)NCC1CCCCC1CO. The van der Waals surface area contributed by atoms with Crippen molar-refractivity contribution in [2.75, 3.05) is 13.2 Å². The number of nitrogens with one attached hydrogen (secondary N) is 1. The largest absolute Gasteiger partial charge is 0.481 e. The molecule has 0 radical (unpaired) electrons. The van der Waals surface area contributed by atoms with E-state index in [-0.39, 0.29) is 18.4 Å². The number of aliphatic hydroxyl groups is 1. The molecule has 21 heavy (non-hydrogen) atoms. The molecular formula is C16H25NO4. The van der Waals surface area contributed by atoms with Crippen LogP contribution in [0.1, 0.15) is 38.5 Å². The number of rotatable bonds is 5. The summed E-state index contributed by atoms with van der Waals surface area (Å²) in [5.41, 5.74) is 0. The van der Waals surface area contributed by atoms with Crippen LogP contribution in [0.3, 0.4) is 0 Å². The Morgan fingerprint density at radius 1 is 1.05 bits per heavy atom. The molecule has 0 aliphatic heterocycles. The maximum Gasteiger partial charge on any atom is 0.307 e. The summed E-state index contributed by atoms with van der Waals surface area (Å²) >= 11 is 0. The predicted octanol–water partition coefficient (Wildman–Crippen LogP) is 1.57. The van der Waals surface area contributed by atoms with Gasteiger partial charge in [0.2, 0.25) is 5.91 Å². The summed E-state index contributed by atoms with van der Waals surface area (Å²) in [5, 5.41) is 21.5. The van der Waals surface area contributed by atoms with Crippen molar-refractivity contribution in [3.05, 3.63) is 12.2 Å². The van der Waals surface area contributed by atoms with E-state index in [1.807, 2.05) is 12.2 Å². The second-order valence-corrected chi connectivity index (χ2v) is 6.23. The Morgan fingerprint density at radius 3 is 2.29 bits per heavy atom. The number of allylic oxidation sites excluding steroid dienone is 2. The molecule has 118 valence electrons. The first kappa shape index (κ1) is 16.0. The fourth-order valence-electron chi connectivity index (χ4n) is 3.53. The van der Waals surface area contributed by atoms with Crippen molar-refractivity contribution in [1.82, 2.24) is 5.32 Å². The molecule has 0 aromatic rings. The van der Waals surface area contributed by atoms with E-state index in [1.54, 1.807) is 0 Å². The van der Waals surface area contributed by atoms with Crippen LogP contribution >= 0.6 is 0 Å². The molecule has 0 heterocycles. The molecule has 3 N–H and O–H groups in total. The van der Waals surface area contributed by atoms with Crippen LogP contribution in [0, 0.1) is 23.7 Å². The molecule has 1 amide bonds. The van der Waals surface area contributed by atoms with E-state index in [1.165, 1.54) is 0 Å². The highest BCUT2D eigenvalue weighted by Crippen LogP contribution is 2.30. The van der Waals surface area contributed by atoms with Crippen LogP contribution in [0.2, 0.25) is 0 Å². The van der Waals surface area contributed by atoms with Crippen molar-refractivity contribution in [3.63, 3.8) is 0 Å². The van der Waals surface area contributed by atoms with E-state index >= 15 is 0 Å². The van der Waals surface area contributed by atoms with Crippen molar-refractivity contribution < 1.29 is 19.8 Å². The molecule has 0 bridgehead atoms. The Bertz CT molecular complexity index is 407. The summed E-state index contributed by atoms with van der Waals surface area (Å²) in [4.78, 5) is 23.5. The van der Waals surface area contributed by atoms with Crippen LogP contribution < -0.4 is 5.32 Å². The van der Waals surface area contributed by atoms with E-state index in [0.29, 0.717) is 25.3 Å². The van der Waals surface area contributed by atoms with Gasteiger partial charge in [0, 0.05) is 13.2 Å². The molecule has 1 saturated carbocycles. The van der Waals surface area contributed by atoms with E-state index in [9.17, 15) is 19.8 Å². The van der Waals surface area contributed by atoms with Gasteiger partial charge in [0.25, 0.3) is 0 Å². The first-order chi connectivity index (χ1) is 10.1. The first-order valence-electron chi connectivity index (χ1n) is 7.89. The van der Waals surface area contributed by atoms with Gasteiger partial charge < -0.3 is 15.5 Å². The molecule has 2 aliphatic carbocycles. The number of hydrogen-bond acceptors (Lipinski definition) is 3. The zero-order chi connectivity index (χ0) is 15.2. The molecular weight excluding hydrogens is 270 g/mol. The molecule has 2 aliphatic rings. The van der Waals surface area contributed by atoms with Crippen LogP contribution in [0.15, 0.2) is 12.2 Å². The number of carbonyl (C=O) groups excluding carboxylic acids is 1. The fraction of sp³-hybridized carbons (Fsp3) is 0.750. The van der Waals surface area contributed by atoms with Gasteiger partial charge in [-0.25, -0.2) is 0 Å². The van der Waals surface area contributed by atoms with Crippen molar-refractivity contribution in [3.8, 4) is 0 Å². The summed E-state index contributed by atoms with van der Waals surface area (Å²) in [6.07, 6.45) is 8.98. The Hall–Kier alpha value is -1.36. The normalized spacial score (nSPS) is 32.6. The van der Waals surface area contributed by atoms with Crippen molar-refractivity contribution in [2.24, 2.45) is 23.7 Å². The van der Waals surface area contributed by atoms with Crippen molar-refractivity contribution >= 4 is 11.9 Å². The Labute approximate surface area is 125 Å². The van der Waals surface area contributed by atoms with Crippen LogP contribution in [0.25, 0.3) is 0 Å². The predicted molar refractivity (Wildman–Crippen MR) is 78.5 cm³/mol. The lowest BCUT2D eigenvalue weighted by Crippen LogP contribution is -2.42. The van der Waals surface area contributed by atoms with Gasteiger partial charge in [0.1, 0.15) is 0 Å². The molecule has 2 unspecified atom stereocenters. The molecule has 4 atom stereocenters. The third-order valence-electron chi connectivity index (χ3n) is 4.93. The number of carboxylic acid groups (broad SMARTS) is 1. The lowest BCUT2D eigenvalue weighted by molar-refractivity contribution is -0.147. The second kappa shape index (κ2) is 7.59. The average Bonchev–Trinajstić information content (AvgIpc) is 2.52. The molecule has 5 heteroatoms. The standard InChI is InChI=1S/C16H25NO4/c18-10-12-6-2-1-5-11(12)9-17-15(19)13-7-3-4-8-14(13)16(20)21/h3-4,11-14,18H,1-2,5-10H2,(H,17,19)(H,20,21)/t11?,12?,13-,14+/m1/s1. The van der Waals surface area contributed by atoms with Gasteiger partial charge in [-0.05, 0) is 37.5 Å². The smallest absolute Gasteiger partial charge is 0.307 e. The minimum atomic E-state index is -0.898. The highest BCUT2D eigenvalue weighted by atomic mass is 16.4. The Morgan fingerprint density at radius 2 is 1.67 bits per heavy atom. The second-order valence-electron chi connectivity index (χ2n) is 6.23. The van der Waals surface area contributed by atoms with Gasteiger partial charge in [-0.2, -0.15) is 0 Å². The molecule has 0 saturated heterocycles. The molecule has 0 aromatic carbocycles. The van der Waals surface area contributed by atoms with Gasteiger partial charge in [-0.1, -0.05) is 25.0 Å². The fourth-order valence-corrected chi connectivity index (χ4v) is 3.53. The summed E-state index contributed by atoms with van der Waals surface area (Å²) in [7, 11) is 0. The van der Waals surface area contributed by atoms with Gasteiger partial charge in [-0.3, -0.25) is 9.59 Å². The molecule has 1 fully saturated rings. The Kier molecular flexibility index (Phi) is 5.79. The average molecular weight is 295 g/mol. The third-order valence-corrected chi connectivity index (χ3v) is 4.93. The van der Waals surface area contributed by atoms with Crippen LogP contribution in [0.5, 0.6) is 0 Å². The van der Waals surface area contributed by atoms with E-state index in [2.05, 4.69) is 5.32 Å². The number of aliphatic hydroxyl groups excluding tert-OH is 1. The maximum atomic E-state index is 12.3.